The molecule has 1 N–H and O–H groups in total. The van der Waals surface area contributed by atoms with Gasteiger partial charge in [0.15, 0.2) is 0 Å². The fraction of sp³-hybridized carbons (Fsp3) is 0.643. The fourth-order valence-corrected chi connectivity index (χ4v) is 2.40. The number of likely N-dealkylation sites (N-methyl/N-ethyl adjacent to an activating group) is 1. The van der Waals surface area contributed by atoms with Crippen LogP contribution in [0.5, 0.6) is 0 Å². The Balaban J connectivity index is 1.70. The molecule has 5 nitrogen and oxygen atoms in total. The molecule has 1 aromatic rings. The molecule has 2 heterocycles. The summed E-state index contributed by atoms with van der Waals surface area (Å²) in [5.74, 6) is 1.74. The Kier molecular flexibility index (Phi) is 4.61. The molecular formula is C14H23N3O2. The number of rotatable bonds is 5. The molecule has 1 aliphatic rings. The molecule has 1 unspecified atom stereocenters. The fourth-order valence-electron chi connectivity index (χ4n) is 2.40. The lowest BCUT2D eigenvalue weighted by molar-refractivity contribution is -0.122. The van der Waals surface area contributed by atoms with Crippen LogP contribution < -0.4 is 5.32 Å². The lowest BCUT2D eigenvalue weighted by Gasteiger charge is -2.19. The minimum absolute atomic E-state index is 0.0634. The molecule has 19 heavy (non-hydrogen) atoms. The van der Waals surface area contributed by atoms with Crippen molar-refractivity contribution in [3.05, 3.63) is 23.7 Å². The minimum Gasteiger partial charge on any atom is -0.465 e. The van der Waals surface area contributed by atoms with E-state index in [1.165, 1.54) is 0 Å². The third-order valence-corrected chi connectivity index (χ3v) is 3.60. The summed E-state index contributed by atoms with van der Waals surface area (Å²) in [6, 6.07) is 4.37. The Bertz CT molecular complexity index is 428. The molecule has 0 spiro atoms. The Morgan fingerprint density at radius 3 is 2.89 bits per heavy atom. The van der Waals surface area contributed by atoms with Crippen molar-refractivity contribution in [1.29, 1.82) is 0 Å². The third kappa shape index (κ3) is 4.08. The van der Waals surface area contributed by atoms with Crippen LogP contribution in [-0.2, 0) is 11.3 Å². The summed E-state index contributed by atoms with van der Waals surface area (Å²) < 4.78 is 5.42. The average molecular weight is 265 g/mol. The molecular weight excluding hydrogens is 242 g/mol. The molecule has 1 fully saturated rings. The summed E-state index contributed by atoms with van der Waals surface area (Å²) in [7, 11) is 4.18. The van der Waals surface area contributed by atoms with E-state index in [1.807, 2.05) is 19.1 Å². The maximum atomic E-state index is 11.8. The van der Waals surface area contributed by atoms with Crippen LogP contribution in [0.25, 0.3) is 0 Å². The van der Waals surface area contributed by atoms with Gasteiger partial charge in [-0.1, -0.05) is 0 Å². The first-order valence-electron chi connectivity index (χ1n) is 6.75. The van der Waals surface area contributed by atoms with Crippen LogP contribution in [0.3, 0.4) is 0 Å². The van der Waals surface area contributed by atoms with Gasteiger partial charge in [-0.3, -0.25) is 9.69 Å². The van der Waals surface area contributed by atoms with Crippen molar-refractivity contribution in [2.75, 3.05) is 33.7 Å². The summed E-state index contributed by atoms with van der Waals surface area (Å²) in [5.41, 5.74) is 0. The van der Waals surface area contributed by atoms with Crippen LogP contribution in [0.4, 0.5) is 0 Å². The van der Waals surface area contributed by atoms with Gasteiger partial charge in [-0.25, -0.2) is 0 Å². The zero-order valence-corrected chi connectivity index (χ0v) is 12.0. The second kappa shape index (κ2) is 6.21. The highest BCUT2D eigenvalue weighted by atomic mass is 16.3. The quantitative estimate of drug-likeness (QED) is 0.857. The number of hydrogen-bond donors (Lipinski definition) is 1. The number of nitrogens with one attached hydrogen (secondary N) is 1. The second-order valence-corrected chi connectivity index (χ2v) is 5.43. The molecule has 1 aromatic heterocycles. The molecule has 1 atom stereocenters. The van der Waals surface area contributed by atoms with E-state index in [1.54, 1.807) is 0 Å². The van der Waals surface area contributed by atoms with Gasteiger partial charge in [0.1, 0.15) is 11.5 Å². The van der Waals surface area contributed by atoms with Crippen molar-refractivity contribution in [1.82, 2.24) is 15.1 Å². The van der Waals surface area contributed by atoms with Crippen LogP contribution in [0.15, 0.2) is 16.5 Å². The smallest absolute Gasteiger partial charge is 0.234 e. The van der Waals surface area contributed by atoms with E-state index in [0.717, 1.165) is 31.0 Å². The summed E-state index contributed by atoms with van der Waals surface area (Å²) in [6.07, 6.45) is 1.14. The predicted octanol–water partition coefficient (Wildman–Crippen LogP) is 0.840. The van der Waals surface area contributed by atoms with Crippen molar-refractivity contribution in [2.24, 2.45) is 0 Å². The van der Waals surface area contributed by atoms with E-state index < -0.39 is 0 Å². The highest BCUT2D eigenvalue weighted by Crippen LogP contribution is 2.12. The lowest BCUT2D eigenvalue weighted by Crippen LogP contribution is -2.38. The molecule has 106 valence electrons. The second-order valence-electron chi connectivity index (χ2n) is 5.43. The Hall–Kier alpha value is -1.33. The number of carbonyl (C=O) groups excluding carboxylic acids is 1. The SMILES string of the molecule is Cc1ccc(CNC(=O)CN2CCC(N(C)C)C2)o1. The van der Waals surface area contributed by atoms with Gasteiger partial charge in [-0.15, -0.1) is 0 Å². The van der Waals surface area contributed by atoms with Crippen LogP contribution in [0, 0.1) is 6.92 Å². The third-order valence-electron chi connectivity index (χ3n) is 3.60. The molecule has 1 aliphatic heterocycles. The Morgan fingerprint density at radius 2 is 2.32 bits per heavy atom. The molecule has 1 saturated heterocycles. The molecule has 5 heteroatoms. The van der Waals surface area contributed by atoms with Crippen molar-refractivity contribution in [3.63, 3.8) is 0 Å². The molecule has 0 aromatic carbocycles. The van der Waals surface area contributed by atoms with E-state index in [9.17, 15) is 4.79 Å². The van der Waals surface area contributed by atoms with E-state index in [4.69, 9.17) is 4.42 Å². The number of nitrogens with zero attached hydrogens (tertiary/aromatic N) is 2. The zero-order chi connectivity index (χ0) is 13.8. The molecule has 0 radical (unpaired) electrons. The number of carbonyl (C=O) groups is 1. The highest BCUT2D eigenvalue weighted by Gasteiger charge is 2.25. The number of amides is 1. The minimum atomic E-state index is 0.0634. The van der Waals surface area contributed by atoms with Crippen LogP contribution in [0.2, 0.25) is 0 Å². The van der Waals surface area contributed by atoms with Gasteiger partial charge in [-0.05, 0) is 39.6 Å². The predicted molar refractivity (Wildman–Crippen MR) is 73.8 cm³/mol. The molecule has 1 amide bonds. The molecule has 0 saturated carbocycles. The number of aryl methyl sites for hydroxylation is 1. The number of furan rings is 1. The van der Waals surface area contributed by atoms with Crippen LogP contribution in [-0.4, -0.2) is 55.5 Å². The van der Waals surface area contributed by atoms with Gasteiger partial charge >= 0.3 is 0 Å². The lowest BCUT2D eigenvalue weighted by atomic mass is 10.2. The standard InChI is InChI=1S/C14H23N3O2/c1-11-4-5-13(19-11)8-15-14(18)10-17-7-6-12(9-17)16(2)3/h4-5,12H,6-10H2,1-3H3,(H,15,18). The average Bonchev–Trinajstić information content (AvgIpc) is 2.96. The summed E-state index contributed by atoms with van der Waals surface area (Å²) in [4.78, 5) is 16.3. The Labute approximate surface area is 114 Å². The first-order chi connectivity index (χ1) is 9.04. The zero-order valence-electron chi connectivity index (χ0n) is 12.0. The van der Waals surface area contributed by atoms with Crippen LogP contribution >= 0.6 is 0 Å². The monoisotopic (exact) mass is 265 g/mol. The maximum Gasteiger partial charge on any atom is 0.234 e. The van der Waals surface area contributed by atoms with Crippen molar-refractivity contribution >= 4 is 5.91 Å². The number of likely N-dealkylation sites (tertiary alicyclic amines) is 1. The van der Waals surface area contributed by atoms with Gasteiger partial charge in [0.2, 0.25) is 5.91 Å². The summed E-state index contributed by atoms with van der Waals surface area (Å²) in [6.45, 7) is 4.81. The molecule has 0 aliphatic carbocycles. The number of hydrogen-bond acceptors (Lipinski definition) is 4. The maximum absolute atomic E-state index is 11.8. The summed E-state index contributed by atoms with van der Waals surface area (Å²) in [5, 5.41) is 2.90. The molecule has 2 rings (SSSR count). The van der Waals surface area contributed by atoms with E-state index in [2.05, 4.69) is 29.2 Å². The van der Waals surface area contributed by atoms with Crippen molar-refractivity contribution < 1.29 is 9.21 Å². The van der Waals surface area contributed by atoms with Crippen LogP contribution in [0.1, 0.15) is 17.9 Å². The normalized spacial score (nSPS) is 20.1. The van der Waals surface area contributed by atoms with Gasteiger partial charge < -0.3 is 14.6 Å². The summed E-state index contributed by atoms with van der Waals surface area (Å²) >= 11 is 0. The van der Waals surface area contributed by atoms with E-state index in [-0.39, 0.29) is 5.91 Å². The molecule has 0 bridgehead atoms. The largest absolute Gasteiger partial charge is 0.465 e. The van der Waals surface area contributed by atoms with Gasteiger partial charge in [-0.2, -0.15) is 0 Å². The van der Waals surface area contributed by atoms with E-state index >= 15 is 0 Å². The first kappa shape index (κ1) is 14.1. The topological polar surface area (TPSA) is 48.7 Å². The van der Waals surface area contributed by atoms with Gasteiger partial charge in [0.05, 0.1) is 13.1 Å². The van der Waals surface area contributed by atoms with Crippen molar-refractivity contribution in [2.45, 2.75) is 25.9 Å². The highest BCUT2D eigenvalue weighted by molar-refractivity contribution is 5.77. The first-order valence-corrected chi connectivity index (χ1v) is 6.75. The van der Waals surface area contributed by atoms with Gasteiger partial charge in [0, 0.05) is 19.1 Å². The van der Waals surface area contributed by atoms with Crippen molar-refractivity contribution in [3.8, 4) is 0 Å². The van der Waals surface area contributed by atoms with E-state index in [0.29, 0.717) is 19.1 Å². The Morgan fingerprint density at radius 1 is 1.53 bits per heavy atom. The van der Waals surface area contributed by atoms with Gasteiger partial charge in [0.25, 0.3) is 0 Å².